The normalized spacial score (nSPS) is 42.5. The summed E-state index contributed by atoms with van der Waals surface area (Å²) in [5, 5.41) is 12.3. The highest BCUT2D eigenvalue weighted by atomic mass is 35.5. The van der Waals surface area contributed by atoms with E-state index in [1.807, 2.05) is 5.01 Å². The van der Waals surface area contributed by atoms with E-state index in [0.717, 1.165) is 45.8 Å². The zero-order valence-corrected chi connectivity index (χ0v) is 20.1. The third-order valence-electron chi connectivity index (χ3n) is 8.77. The molecule has 6 N–H and O–H groups in total. The second kappa shape index (κ2) is 9.15. The molecule has 0 bridgehead atoms. The molecule has 1 amide bonds. The van der Waals surface area contributed by atoms with Crippen LogP contribution in [0.4, 0.5) is 0 Å². The fourth-order valence-corrected chi connectivity index (χ4v) is 7.15. The van der Waals surface area contributed by atoms with Gasteiger partial charge in [0.25, 0.3) is 0 Å². The van der Waals surface area contributed by atoms with Crippen LogP contribution in [0.15, 0.2) is 0 Å². The standard InChI is InChI=1S/C22H39ClN8O2/c23-14-7-26-20-18(19(24)28-31(20)9-14)21(32)27-16-8-25-4-1-17(16)29-5-2-15(3-6-29)30-10-22(11-30)12-33-13-22/h14-20,25-26,28H,1-13,24H2,(H,27,32). The molecule has 11 heteroatoms. The first-order chi connectivity index (χ1) is 16.0. The van der Waals surface area contributed by atoms with Crippen molar-refractivity contribution in [3.05, 3.63) is 0 Å². The highest BCUT2D eigenvalue weighted by molar-refractivity contribution is 6.21. The molecule has 6 fully saturated rings. The molecule has 33 heavy (non-hydrogen) atoms. The average molecular weight is 483 g/mol. The van der Waals surface area contributed by atoms with Crippen LogP contribution in [0, 0.1) is 11.3 Å². The Morgan fingerprint density at radius 1 is 1.12 bits per heavy atom. The third kappa shape index (κ3) is 4.32. The Morgan fingerprint density at radius 3 is 2.64 bits per heavy atom. The van der Waals surface area contributed by atoms with E-state index in [1.54, 1.807) is 0 Å². The minimum atomic E-state index is -0.406. The lowest BCUT2D eigenvalue weighted by Crippen LogP contribution is -2.69. The molecule has 6 heterocycles. The fourth-order valence-electron chi connectivity index (χ4n) is 6.92. The number of carbonyl (C=O) groups is 1. The van der Waals surface area contributed by atoms with Crippen LogP contribution in [0.1, 0.15) is 19.3 Å². The first kappa shape index (κ1) is 22.9. The molecule has 0 aromatic carbocycles. The molecule has 6 saturated heterocycles. The van der Waals surface area contributed by atoms with Crippen LogP contribution < -0.4 is 27.1 Å². The number of amides is 1. The SMILES string of the molecule is NC1NN2CC(Cl)CNC2C1C(=O)NC1CNCCC1N1CCC(N2CC3(COC3)C2)CC1. The molecule has 0 aromatic rings. The average Bonchev–Trinajstić information content (AvgIpc) is 3.07. The fraction of sp³-hybridized carbons (Fsp3) is 0.955. The lowest BCUT2D eigenvalue weighted by atomic mass is 9.76. The van der Waals surface area contributed by atoms with Gasteiger partial charge in [-0.05, 0) is 25.8 Å². The number of likely N-dealkylation sites (tertiary alicyclic amines) is 2. The molecule has 6 atom stereocenters. The summed E-state index contributed by atoms with van der Waals surface area (Å²) in [7, 11) is 0. The number of fused-ring (bicyclic) bond motifs is 1. The van der Waals surface area contributed by atoms with Crippen molar-refractivity contribution in [1.82, 2.24) is 36.2 Å². The van der Waals surface area contributed by atoms with Crippen LogP contribution in [-0.4, -0.2) is 122 Å². The molecule has 0 radical (unpaired) electrons. The van der Waals surface area contributed by atoms with Crippen molar-refractivity contribution in [2.24, 2.45) is 17.1 Å². The van der Waals surface area contributed by atoms with Gasteiger partial charge in [0.2, 0.25) is 5.91 Å². The monoisotopic (exact) mass is 482 g/mol. The molecule has 0 aromatic heterocycles. The molecule has 0 aliphatic carbocycles. The van der Waals surface area contributed by atoms with Crippen LogP contribution in [0.25, 0.3) is 0 Å². The van der Waals surface area contributed by atoms with Gasteiger partial charge in [0, 0.05) is 63.3 Å². The van der Waals surface area contributed by atoms with Crippen LogP contribution in [0.2, 0.25) is 0 Å². The Labute approximate surface area is 201 Å². The molecule has 6 unspecified atom stereocenters. The number of hydrogen-bond acceptors (Lipinski definition) is 9. The molecule has 6 rings (SSSR count). The molecular weight excluding hydrogens is 444 g/mol. The maximum absolute atomic E-state index is 13.4. The first-order valence-electron chi connectivity index (χ1n) is 12.7. The number of rotatable bonds is 4. The third-order valence-corrected chi connectivity index (χ3v) is 9.07. The number of ether oxygens (including phenoxy) is 1. The summed E-state index contributed by atoms with van der Waals surface area (Å²) in [6.45, 7) is 9.77. The molecular formula is C22H39ClN8O2. The maximum atomic E-state index is 13.4. The number of hydrogen-bond donors (Lipinski definition) is 5. The van der Waals surface area contributed by atoms with Gasteiger partial charge in [0.1, 0.15) is 0 Å². The van der Waals surface area contributed by atoms with Crippen LogP contribution in [0.5, 0.6) is 0 Å². The van der Waals surface area contributed by atoms with Gasteiger partial charge in [-0.1, -0.05) is 0 Å². The predicted molar refractivity (Wildman–Crippen MR) is 125 cm³/mol. The predicted octanol–water partition coefficient (Wildman–Crippen LogP) is -2.11. The Morgan fingerprint density at radius 2 is 1.91 bits per heavy atom. The smallest absolute Gasteiger partial charge is 0.229 e. The van der Waals surface area contributed by atoms with Crippen molar-refractivity contribution in [1.29, 1.82) is 0 Å². The molecule has 186 valence electrons. The Hall–Kier alpha value is -0.560. The maximum Gasteiger partial charge on any atom is 0.229 e. The van der Waals surface area contributed by atoms with Crippen LogP contribution in [-0.2, 0) is 9.53 Å². The van der Waals surface area contributed by atoms with Crippen LogP contribution in [0.3, 0.4) is 0 Å². The van der Waals surface area contributed by atoms with Gasteiger partial charge in [-0.25, -0.2) is 10.4 Å². The summed E-state index contributed by atoms with van der Waals surface area (Å²) >= 11 is 6.28. The summed E-state index contributed by atoms with van der Waals surface area (Å²) in [4.78, 5) is 18.7. The quantitative estimate of drug-likeness (QED) is 0.287. The zero-order chi connectivity index (χ0) is 22.6. The molecule has 6 aliphatic rings. The highest BCUT2D eigenvalue weighted by Crippen LogP contribution is 2.40. The molecule has 1 spiro atoms. The summed E-state index contributed by atoms with van der Waals surface area (Å²) in [6, 6.07) is 1.19. The number of piperidine rings is 2. The van der Waals surface area contributed by atoms with E-state index in [0.29, 0.717) is 30.6 Å². The number of hydrazine groups is 1. The summed E-state index contributed by atoms with van der Waals surface area (Å²) < 4.78 is 5.43. The number of nitrogens with zero attached hydrogens (tertiary/aromatic N) is 3. The van der Waals surface area contributed by atoms with E-state index < -0.39 is 6.17 Å². The topological polar surface area (TPSA) is 110 Å². The van der Waals surface area contributed by atoms with E-state index in [4.69, 9.17) is 22.1 Å². The van der Waals surface area contributed by atoms with Gasteiger partial charge < -0.3 is 21.1 Å². The van der Waals surface area contributed by atoms with E-state index >= 15 is 0 Å². The van der Waals surface area contributed by atoms with Crippen molar-refractivity contribution in [3.8, 4) is 0 Å². The first-order valence-corrected chi connectivity index (χ1v) is 13.2. The van der Waals surface area contributed by atoms with Crippen molar-refractivity contribution >= 4 is 17.5 Å². The largest absolute Gasteiger partial charge is 0.380 e. The second-order valence-corrected chi connectivity index (χ2v) is 11.7. The Kier molecular flexibility index (Phi) is 6.34. The Bertz CT molecular complexity index is 725. The number of nitrogens with one attached hydrogen (secondary N) is 4. The van der Waals surface area contributed by atoms with E-state index in [-0.39, 0.29) is 29.4 Å². The van der Waals surface area contributed by atoms with Gasteiger partial charge in [0.05, 0.1) is 42.9 Å². The minimum absolute atomic E-state index is 0.0152. The molecule has 6 aliphatic heterocycles. The number of nitrogens with two attached hydrogens (primary N) is 1. The second-order valence-electron chi connectivity index (χ2n) is 11.1. The van der Waals surface area contributed by atoms with Gasteiger partial charge >= 0.3 is 0 Å². The summed E-state index contributed by atoms with van der Waals surface area (Å²) in [6.07, 6.45) is 2.99. The van der Waals surface area contributed by atoms with E-state index in [1.165, 1.54) is 25.9 Å². The van der Waals surface area contributed by atoms with Crippen molar-refractivity contribution in [3.63, 3.8) is 0 Å². The van der Waals surface area contributed by atoms with Crippen molar-refractivity contribution in [2.75, 3.05) is 65.6 Å². The Balaban J connectivity index is 1.04. The van der Waals surface area contributed by atoms with Crippen molar-refractivity contribution in [2.45, 2.75) is 55.1 Å². The number of carbonyl (C=O) groups excluding carboxylic acids is 1. The van der Waals surface area contributed by atoms with Gasteiger partial charge in [0.15, 0.2) is 0 Å². The lowest BCUT2D eigenvalue weighted by molar-refractivity contribution is -0.201. The summed E-state index contributed by atoms with van der Waals surface area (Å²) in [5.74, 6) is -0.304. The van der Waals surface area contributed by atoms with E-state index in [2.05, 4.69) is 31.2 Å². The van der Waals surface area contributed by atoms with Gasteiger partial charge in [-0.3, -0.25) is 19.9 Å². The highest BCUT2D eigenvalue weighted by Gasteiger charge is 2.51. The zero-order valence-electron chi connectivity index (χ0n) is 19.3. The van der Waals surface area contributed by atoms with Crippen LogP contribution >= 0.6 is 11.6 Å². The molecule has 0 saturated carbocycles. The number of halogens is 1. The lowest BCUT2D eigenvalue weighted by Gasteiger charge is -2.58. The number of alkyl halides is 1. The van der Waals surface area contributed by atoms with Gasteiger partial charge in [-0.15, -0.1) is 11.6 Å². The minimum Gasteiger partial charge on any atom is -0.380 e. The molecule has 10 nitrogen and oxygen atoms in total. The van der Waals surface area contributed by atoms with Crippen molar-refractivity contribution < 1.29 is 9.53 Å². The van der Waals surface area contributed by atoms with E-state index in [9.17, 15) is 4.79 Å². The van der Waals surface area contributed by atoms with Gasteiger partial charge in [-0.2, -0.15) is 0 Å². The summed E-state index contributed by atoms with van der Waals surface area (Å²) in [5.41, 5.74) is 10.1.